The Morgan fingerprint density at radius 2 is 2.28 bits per heavy atom. The van der Waals surface area contributed by atoms with Crippen molar-refractivity contribution in [3.63, 3.8) is 0 Å². The fraction of sp³-hybridized carbons (Fsp3) is 0.154. The molecule has 5 heteroatoms. The Morgan fingerprint density at radius 1 is 1.33 bits per heavy atom. The Balaban J connectivity index is 1.73. The third kappa shape index (κ3) is 2.36. The molecule has 0 atom stereocenters. The van der Waals surface area contributed by atoms with Crippen LogP contribution in [0.15, 0.2) is 41.4 Å². The van der Waals surface area contributed by atoms with Gasteiger partial charge in [0.05, 0.1) is 18.0 Å². The van der Waals surface area contributed by atoms with E-state index >= 15 is 0 Å². The summed E-state index contributed by atoms with van der Waals surface area (Å²) in [5, 5.41) is 6.21. The van der Waals surface area contributed by atoms with E-state index in [1.54, 1.807) is 11.8 Å². The number of carbonyl (C=O) groups is 1. The maximum absolute atomic E-state index is 11.3. The van der Waals surface area contributed by atoms with Gasteiger partial charge >= 0.3 is 0 Å². The zero-order valence-electron chi connectivity index (χ0n) is 9.69. The standard InChI is InChI=1S/C13H13N3OS/c17-13-8-18-12-4-3-9(6-11(12)16-13)15-7-10-2-1-5-14-10/h1-6,14-15H,7-8H2,(H,16,17). The average Bonchev–Trinajstić information content (AvgIpc) is 2.89. The summed E-state index contributed by atoms with van der Waals surface area (Å²) in [7, 11) is 0. The number of benzene rings is 1. The normalized spacial score (nSPS) is 13.9. The molecule has 18 heavy (non-hydrogen) atoms. The fourth-order valence-electron chi connectivity index (χ4n) is 1.87. The van der Waals surface area contributed by atoms with Crippen LogP contribution < -0.4 is 10.6 Å². The van der Waals surface area contributed by atoms with Gasteiger partial charge in [-0.3, -0.25) is 4.79 Å². The van der Waals surface area contributed by atoms with Crippen LogP contribution in [0.25, 0.3) is 0 Å². The highest BCUT2D eigenvalue weighted by atomic mass is 32.2. The fourth-order valence-corrected chi connectivity index (χ4v) is 2.66. The van der Waals surface area contributed by atoms with Crippen molar-refractivity contribution in [3.8, 4) is 0 Å². The SMILES string of the molecule is O=C1CSc2ccc(NCc3ccc[nH]3)cc2N1. The number of anilines is 2. The molecule has 3 rings (SSSR count). The van der Waals surface area contributed by atoms with E-state index in [1.807, 2.05) is 36.5 Å². The Kier molecular flexibility index (Phi) is 2.98. The first-order valence-corrected chi connectivity index (χ1v) is 6.73. The Labute approximate surface area is 109 Å². The van der Waals surface area contributed by atoms with Gasteiger partial charge in [-0.15, -0.1) is 11.8 Å². The number of nitrogens with one attached hydrogen (secondary N) is 3. The Morgan fingerprint density at radius 3 is 3.11 bits per heavy atom. The van der Waals surface area contributed by atoms with E-state index < -0.39 is 0 Å². The molecule has 2 heterocycles. The van der Waals surface area contributed by atoms with Crippen molar-refractivity contribution < 1.29 is 4.79 Å². The Hall–Kier alpha value is -1.88. The predicted octanol–water partition coefficient (Wildman–Crippen LogP) is 2.67. The predicted molar refractivity (Wildman–Crippen MR) is 73.9 cm³/mol. The first kappa shape index (κ1) is 11.2. The van der Waals surface area contributed by atoms with E-state index in [1.165, 1.54) is 0 Å². The minimum absolute atomic E-state index is 0.0639. The summed E-state index contributed by atoms with van der Waals surface area (Å²) in [4.78, 5) is 15.6. The third-order valence-corrected chi connectivity index (χ3v) is 3.83. The number of amides is 1. The van der Waals surface area contributed by atoms with Gasteiger partial charge in [-0.1, -0.05) is 0 Å². The molecule has 3 N–H and O–H groups in total. The number of aromatic nitrogens is 1. The third-order valence-electron chi connectivity index (χ3n) is 2.76. The van der Waals surface area contributed by atoms with E-state index in [2.05, 4.69) is 15.6 Å². The molecule has 1 amide bonds. The van der Waals surface area contributed by atoms with Gasteiger partial charge in [-0.2, -0.15) is 0 Å². The zero-order chi connectivity index (χ0) is 12.4. The topological polar surface area (TPSA) is 56.9 Å². The number of thioether (sulfide) groups is 1. The highest BCUT2D eigenvalue weighted by molar-refractivity contribution is 8.00. The summed E-state index contributed by atoms with van der Waals surface area (Å²) in [6.45, 7) is 0.743. The lowest BCUT2D eigenvalue weighted by Gasteiger charge is -2.17. The minimum Gasteiger partial charge on any atom is -0.379 e. The van der Waals surface area contributed by atoms with E-state index in [9.17, 15) is 4.79 Å². The number of carbonyl (C=O) groups excluding carboxylic acids is 1. The number of fused-ring (bicyclic) bond motifs is 1. The number of H-pyrrole nitrogens is 1. The smallest absolute Gasteiger partial charge is 0.234 e. The molecule has 1 aliphatic heterocycles. The van der Waals surface area contributed by atoms with Crippen LogP contribution in [-0.4, -0.2) is 16.6 Å². The lowest BCUT2D eigenvalue weighted by molar-refractivity contribution is -0.113. The summed E-state index contributed by atoms with van der Waals surface area (Å²) >= 11 is 1.58. The van der Waals surface area contributed by atoms with Crippen molar-refractivity contribution in [3.05, 3.63) is 42.2 Å². The van der Waals surface area contributed by atoms with Crippen molar-refractivity contribution in [2.24, 2.45) is 0 Å². The van der Waals surface area contributed by atoms with Crippen molar-refractivity contribution in [2.45, 2.75) is 11.4 Å². The van der Waals surface area contributed by atoms with Crippen LogP contribution in [0.4, 0.5) is 11.4 Å². The molecule has 0 bridgehead atoms. The van der Waals surface area contributed by atoms with Crippen LogP contribution >= 0.6 is 11.8 Å². The number of aromatic amines is 1. The first-order valence-electron chi connectivity index (χ1n) is 5.74. The van der Waals surface area contributed by atoms with Crippen LogP contribution in [0.5, 0.6) is 0 Å². The van der Waals surface area contributed by atoms with E-state index in [-0.39, 0.29) is 5.91 Å². The van der Waals surface area contributed by atoms with Gasteiger partial charge in [-0.05, 0) is 30.3 Å². The summed E-state index contributed by atoms with van der Waals surface area (Å²) in [5.41, 5.74) is 3.03. The average molecular weight is 259 g/mol. The minimum atomic E-state index is 0.0639. The molecule has 1 aromatic carbocycles. The summed E-state index contributed by atoms with van der Waals surface area (Å²) in [5.74, 6) is 0.566. The summed E-state index contributed by atoms with van der Waals surface area (Å²) in [6, 6.07) is 10.1. The van der Waals surface area contributed by atoms with Crippen molar-refractivity contribution in [2.75, 3.05) is 16.4 Å². The van der Waals surface area contributed by atoms with Gasteiger partial charge in [-0.25, -0.2) is 0 Å². The van der Waals surface area contributed by atoms with Crippen molar-refractivity contribution in [1.29, 1.82) is 0 Å². The van der Waals surface area contributed by atoms with Gasteiger partial charge in [0, 0.05) is 22.5 Å². The van der Waals surface area contributed by atoms with E-state index in [0.29, 0.717) is 5.75 Å². The molecule has 2 aromatic rings. The van der Waals surface area contributed by atoms with Crippen LogP contribution in [0.1, 0.15) is 5.69 Å². The van der Waals surface area contributed by atoms with Crippen LogP contribution in [-0.2, 0) is 11.3 Å². The second-order valence-electron chi connectivity index (χ2n) is 4.10. The van der Waals surface area contributed by atoms with Gasteiger partial charge in [0.15, 0.2) is 0 Å². The molecule has 0 unspecified atom stereocenters. The molecule has 92 valence electrons. The highest BCUT2D eigenvalue weighted by Crippen LogP contribution is 2.33. The van der Waals surface area contributed by atoms with Crippen LogP contribution in [0, 0.1) is 0 Å². The molecule has 0 spiro atoms. The van der Waals surface area contributed by atoms with Gasteiger partial charge in [0.2, 0.25) is 5.91 Å². The zero-order valence-corrected chi connectivity index (χ0v) is 10.5. The van der Waals surface area contributed by atoms with E-state index in [0.717, 1.165) is 28.5 Å². The van der Waals surface area contributed by atoms with Gasteiger partial charge in [0.25, 0.3) is 0 Å². The number of rotatable bonds is 3. The lowest BCUT2D eigenvalue weighted by atomic mass is 10.2. The van der Waals surface area contributed by atoms with Crippen LogP contribution in [0.2, 0.25) is 0 Å². The maximum atomic E-state index is 11.3. The lowest BCUT2D eigenvalue weighted by Crippen LogP contribution is -2.18. The molecular formula is C13H13N3OS. The number of hydrogen-bond donors (Lipinski definition) is 3. The van der Waals surface area contributed by atoms with E-state index in [4.69, 9.17) is 0 Å². The van der Waals surface area contributed by atoms with Gasteiger partial charge < -0.3 is 15.6 Å². The molecule has 0 fully saturated rings. The first-order chi connectivity index (χ1) is 8.81. The monoisotopic (exact) mass is 259 g/mol. The maximum Gasteiger partial charge on any atom is 0.234 e. The second kappa shape index (κ2) is 4.78. The highest BCUT2D eigenvalue weighted by Gasteiger charge is 2.15. The van der Waals surface area contributed by atoms with Crippen LogP contribution in [0.3, 0.4) is 0 Å². The van der Waals surface area contributed by atoms with Crippen molar-refractivity contribution in [1.82, 2.24) is 4.98 Å². The molecule has 1 aliphatic rings. The molecule has 0 saturated heterocycles. The second-order valence-corrected chi connectivity index (χ2v) is 5.11. The summed E-state index contributed by atoms with van der Waals surface area (Å²) in [6.07, 6.45) is 1.90. The molecular weight excluding hydrogens is 246 g/mol. The van der Waals surface area contributed by atoms with Crippen molar-refractivity contribution >= 4 is 29.0 Å². The molecule has 0 aliphatic carbocycles. The quantitative estimate of drug-likeness (QED) is 0.794. The molecule has 0 saturated carbocycles. The Bertz CT molecular complexity index is 566. The largest absolute Gasteiger partial charge is 0.379 e. The summed E-state index contributed by atoms with van der Waals surface area (Å²) < 4.78 is 0. The van der Waals surface area contributed by atoms with Gasteiger partial charge in [0.1, 0.15) is 0 Å². The number of hydrogen-bond acceptors (Lipinski definition) is 3. The molecule has 0 radical (unpaired) electrons. The molecule has 4 nitrogen and oxygen atoms in total. The molecule has 1 aromatic heterocycles.